The van der Waals surface area contributed by atoms with Gasteiger partial charge in [-0.15, -0.1) is 0 Å². The fraction of sp³-hybridized carbons (Fsp3) is 0.190. The van der Waals surface area contributed by atoms with Crippen LogP contribution in [0.2, 0.25) is 0 Å². The van der Waals surface area contributed by atoms with Crippen molar-refractivity contribution in [2.24, 2.45) is 4.99 Å². The van der Waals surface area contributed by atoms with Crippen LogP contribution in [0.4, 0.5) is 15.8 Å². The third kappa shape index (κ3) is 4.62. The molecule has 2 aromatic rings. The van der Waals surface area contributed by atoms with E-state index in [1.54, 1.807) is 0 Å². The molecule has 158 valence electrons. The van der Waals surface area contributed by atoms with E-state index in [1.165, 1.54) is 42.2 Å². The number of aliphatic imine (C=N–C) groups is 1. The van der Waals surface area contributed by atoms with Crippen molar-refractivity contribution in [2.45, 2.75) is 11.3 Å². The Bertz CT molecular complexity index is 1210. The van der Waals surface area contributed by atoms with Crippen LogP contribution in [-0.2, 0) is 14.6 Å². The minimum Gasteiger partial charge on any atom is -0.321 e. The van der Waals surface area contributed by atoms with Crippen molar-refractivity contribution >= 4 is 44.0 Å². The molecule has 2 aliphatic rings. The summed E-state index contributed by atoms with van der Waals surface area (Å²) >= 11 is 1.33. The van der Waals surface area contributed by atoms with Crippen LogP contribution < -0.4 is 10.2 Å². The molecule has 2 atom stereocenters. The van der Waals surface area contributed by atoms with Crippen molar-refractivity contribution in [1.82, 2.24) is 0 Å². The smallest absolute Gasteiger partial charge is 0.267 e. The molecule has 0 radical (unpaired) electrons. The van der Waals surface area contributed by atoms with Crippen molar-refractivity contribution in [3.8, 4) is 6.07 Å². The van der Waals surface area contributed by atoms with Crippen LogP contribution in [0, 0.1) is 17.1 Å². The molecular formula is C21H17FN4O3S2. The summed E-state index contributed by atoms with van der Waals surface area (Å²) in [4.78, 5) is 18.6. The fourth-order valence-corrected chi connectivity index (χ4v) is 7.35. The Balaban J connectivity index is 1.61. The van der Waals surface area contributed by atoms with E-state index in [4.69, 9.17) is 0 Å². The van der Waals surface area contributed by atoms with E-state index in [1.807, 2.05) is 41.3 Å². The summed E-state index contributed by atoms with van der Waals surface area (Å²) < 4.78 is 37.3. The van der Waals surface area contributed by atoms with Gasteiger partial charge in [-0.05, 0) is 36.4 Å². The molecule has 0 spiro atoms. The van der Waals surface area contributed by atoms with Gasteiger partial charge in [-0.25, -0.2) is 17.8 Å². The number of benzene rings is 2. The van der Waals surface area contributed by atoms with E-state index < -0.39 is 21.6 Å². The zero-order valence-electron chi connectivity index (χ0n) is 16.1. The molecule has 2 aliphatic heterocycles. The van der Waals surface area contributed by atoms with Gasteiger partial charge in [-0.2, -0.15) is 5.26 Å². The number of amides is 1. The zero-order valence-corrected chi connectivity index (χ0v) is 17.7. The molecule has 0 saturated carbocycles. The number of carbonyl (C=O) groups excluding carboxylic acids is 1. The molecule has 0 bridgehead atoms. The van der Waals surface area contributed by atoms with E-state index in [0.29, 0.717) is 10.9 Å². The maximum atomic E-state index is 13.0. The predicted molar refractivity (Wildman–Crippen MR) is 119 cm³/mol. The van der Waals surface area contributed by atoms with E-state index in [9.17, 15) is 22.9 Å². The summed E-state index contributed by atoms with van der Waals surface area (Å²) in [6.45, 7) is 0. The first-order chi connectivity index (χ1) is 14.9. The second-order valence-corrected chi connectivity index (χ2v) is 10.4. The number of nitrogens with zero attached hydrogens (tertiary/aromatic N) is 3. The normalized spacial score (nSPS) is 23.4. The molecule has 2 saturated heterocycles. The van der Waals surface area contributed by atoms with Crippen molar-refractivity contribution in [2.75, 3.05) is 21.7 Å². The maximum Gasteiger partial charge on any atom is 0.267 e. The number of hydrogen-bond acceptors (Lipinski definition) is 6. The number of rotatable bonds is 4. The highest BCUT2D eigenvalue weighted by atomic mass is 32.2. The SMILES string of the molecule is N#C/C(=C\N=C1S[C@H]2CS(=O)(=O)C[C@@H]2N1c1ccccc1)C(=O)Nc1ccc(F)cc1. The number of nitriles is 1. The van der Waals surface area contributed by atoms with Gasteiger partial charge in [0.1, 0.15) is 17.5 Å². The Morgan fingerprint density at radius 1 is 1.19 bits per heavy atom. The maximum absolute atomic E-state index is 13.0. The molecule has 2 aromatic carbocycles. The quantitative estimate of drug-likeness (QED) is 0.561. The van der Waals surface area contributed by atoms with Gasteiger partial charge in [0.2, 0.25) is 0 Å². The van der Waals surface area contributed by atoms with Gasteiger partial charge in [0, 0.05) is 16.6 Å². The van der Waals surface area contributed by atoms with Crippen molar-refractivity contribution in [3.63, 3.8) is 0 Å². The first-order valence-electron chi connectivity index (χ1n) is 9.32. The summed E-state index contributed by atoms with van der Waals surface area (Å²) in [5.74, 6) is -1.02. The van der Waals surface area contributed by atoms with E-state index in [-0.39, 0.29) is 28.4 Å². The minimum atomic E-state index is -3.13. The van der Waals surface area contributed by atoms with Gasteiger partial charge in [0.25, 0.3) is 5.91 Å². The standard InChI is InChI=1S/C21H17FN4O3S2/c22-15-6-8-16(9-7-15)25-20(27)14(10-23)11-24-21-26(17-4-2-1-3-5-17)18-12-31(28,29)13-19(18)30-21/h1-9,11,18-19H,12-13H2,(H,25,27)/b14-11+,24-21?/t18-,19-/m0/s1. The predicted octanol–water partition coefficient (Wildman–Crippen LogP) is 2.95. The van der Waals surface area contributed by atoms with Gasteiger partial charge in [-0.1, -0.05) is 30.0 Å². The lowest BCUT2D eigenvalue weighted by atomic mass is 10.2. The first kappa shape index (κ1) is 21.1. The first-order valence-corrected chi connectivity index (χ1v) is 12.0. The summed E-state index contributed by atoms with van der Waals surface area (Å²) in [6.07, 6.45) is 1.17. The average Bonchev–Trinajstić information content (AvgIpc) is 3.21. The van der Waals surface area contributed by atoms with Crippen LogP contribution in [0.25, 0.3) is 0 Å². The molecule has 2 heterocycles. The number of hydrogen-bond donors (Lipinski definition) is 1. The number of carbonyl (C=O) groups is 1. The van der Waals surface area contributed by atoms with Crippen LogP contribution in [0.15, 0.2) is 71.4 Å². The third-order valence-corrected chi connectivity index (χ3v) is 8.10. The molecule has 0 unspecified atom stereocenters. The average molecular weight is 457 g/mol. The molecular weight excluding hydrogens is 439 g/mol. The van der Waals surface area contributed by atoms with E-state index in [2.05, 4.69) is 10.3 Å². The van der Waals surface area contributed by atoms with E-state index >= 15 is 0 Å². The molecule has 1 N–H and O–H groups in total. The van der Waals surface area contributed by atoms with Crippen molar-refractivity contribution < 1.29 is 17.6 Å². The second kappa shape index (κ2) is 8.53. The largest absolute Gasteiger partial charge is 0.321 e. The number of anilines is 2. The fourth-order valence-electron chi connectivity index (χ4n) is 3.46. The van der Waals surface area contributed by atoms with Crippen molar-refractivity contribution in [1.29, 1.82) is 5.26 Å². The van der Waals surface area contributed by atoms with Gasteiger partial charge >= 0.3 is 0 Å². The molecule has 0 aliphatic carbocycles. The van der Waals surface area contributed by atoms with Crippen LogP contribution >= 0.6 is 11.8 Å². The summed E-state index contributed by atoms with van der Waals surface area (Å²) in [6, 6.07) is 16.0. The van der Waals surface area contributed by atoms with Crippen molar-refractivity contribution in [3.05, 3.63) is 72.2 Å². The van der Waals surface area contributed by atoms with Gasteiger partial charge in [-0.3, -0.25) is 4.79 Å². The number of halogens is 1. The van der Waals surface area contributed by atoms with Gasteiger partial charge in [0.15, 0.2) is 15.0 Å². The van der Waals surface area contributed by atoms with Gasteiger partial charge < -0.3 is 10.2 Å². The summed E-state index contributed by atoms with van der Waals surface area (Å²) in [7, 11) is -3.13. The van der Waals surface area contributed by atoms with Crippen LogP contribution in [0.3, 0.4) is 0 Å². The Morgan fingerprint density at radius 2 is 1.90 bits per heavy atom. The summed E-state index contributed by atoms with van der Waals surface area (Å²) in [5.41, 5.74) is 0.914. The molecule has 7 nitrogen and oxygen atoms in total. The Morgan fingerprint density at radius 3 is 2.58 bits per heavy atom. The van der Waals surface area contributed by atoms with Crippen LogP contribution in [-0.4, -0.2) is 42.3 Å². The highest BCUT2D eigenvalue weighted by Crippen LogP contribution is 2.40. The molecule has 1 amide bonds. The lowest BCUT2D eigenvalue weighted by molar-refractivity contribution is -0.112. The molecule has 2 fully saturated rings. The molecule has 0 aromatic heterocycles. The number of thioether (sulfide) groups is 1. The summed E-state index contributed by atoms with van der Waals surface area (Å²) in [5, 5.41) is 12.3. The third-order valence-electron chi connectivity index (χ3n) is 4.87. The molecule has 4 rings (SSSR count). The van der Waals surface area contributed by atoms with E-state index in [0.717, 1.165) is 5.69 Å². The molecule has 31 heavy (non-hydrogen) atoms. The lowest BCUT2D eigenvalue weighted by Gasteiger charge is -2.24. The lowest BCUT2D eigenvalue weighted by Crippen LogP contribution is -2.37. The number of sulfone groups is 1. The number of amidine groups is 1. The number of fused-ring (bicyclic) bond motifs is 1. The Labute approximate surface area is 183 Å². The topological polar surface area (TPSA) is 103 Å². The molecule has 10 heteroatoms. The zero-order chi connectivity index (χ0) is 22.0. The van der Waals surface area contributed by atoms with Crippen LogP contribution in [0.1, 0.15) is 0 Å². The highest BCUT2D eigenvalue weighted by molar-refractivity contribution is 8.16. The number of para-hydroxylation sites is 1. The Hall–Kier alpha value is -3.16. The highest BCUT2D eigenvalue weighted by Gasteiger charge is 2.49. The van der Waals surface area contributed by atoms with Crippen LogP contribution in [0.5, 0.6) is 0 Å². The van der Waals surface area contributed by atoms with Gasteiger partial charge in [0.05, 0.1) is 23.7 Å². The Kier molecular flexibility index (Phi) is 5.80. The monoisotopic (exact) mass is 456 g/mol. The minimum absolute atomic E-state index is 0.0262. The number of nitrogens with one attached hydrogen (secondary N) is 1. The second-order valence-electron chi connectivity index (χ2n) is 7.03.